The Morgan fingerprint density at radius 3 is 2.62 bits per heavy atom. The third-order valence-electron chi connectivity index (χ3n) is 4.43. The summed E-state index contributed by atoms with van der Waals surface area (Å²) in [5, 5.41) is 6.65. The van der Waals surface area contributed by atoms with E-state index in [1.807, 2.05) is 13.8 Å². The van der Waals surface area contributed by atoms with Crippen molar-refractivity contribution in [1.82, 2.24) is 19.6 Å². The van der Waals surface area contributed by atoms with Gasteiger partial charge >= 0.3 is 5.97 Å². The molecule has 9 nitrogen and oxygen atoms in total. The van der Waals surface area contributed by atoms with Gasteiger partial charge in [-0.15, -0.1) is 5.10 Å². The Balaban J connectivity index is 1.58. The second-order valence-corrected chi connectivity index (χ2v) is 6.57. The third kappa shape index (κ3) is 4.65. The monoisotopic (exact) mass is 400 g/mol. The molecule has 1 aromatic carbocycles. The Morgan fingerprint density at radius 2 is 1.93 bits per heavy atom. The smallest absolute Gasteiger partial charge is 0.306 e. The van der Waals surface area contributed by atoms with Gasteiger partial charge in [-0.3, -0.25) is 9.59 Å². The number of nitrogen functional groups attached to an aromatic ring is 1. The zero-order valence-electron chi connectivity index (χ0n) is 16.3. The number of hydrogen-bond acceptors (Lipinski definition) is 7. The van der Waals surface area contributed by atoms with Crippen molar-refractivity contribution in [1.29, 1.82) is 0 Å². The standard InChI is InChI=1S/C19H21FN6O3/c1-10-15(11(2)26-19(22-10)24-18(21)25-26)8-9-16(27)29-12(3)17(28)23-14-6-4-13(20)5-7-14/h4-7,12H,8-9H2,1-3H3,(H2,21,25)(H,23,28)/t12-/m1/s1. The van der Waals surface area contributed by atoms with Crippen molar-refractivity contribution in [2.24, 2.45) is 0 Å². The minimum absolute atomic E-state index is 0.0627. The SMILES string of the molecule is Cc1nc2nc(N)nn2c(C)c1CCC(=O)O[C@H](C)C(=O)Nc1ccc(F)cc1. The zero-order valence-corrected chi connectivity index (χ0v) is 16.3. The van der Waals surface area contributed by atoms with Crippen molar-refractivity contribution in [3.8, 4) is 0 Å². The van der Waals surface area contributed by atoms with E-state index < -0.39 is 23.8 Å². The molecule has 0 radical (unpaired) electrons. The number of aryl methyl sites for hydroxylation is 2. The van der Waals surface area contributed by atoms with Gasteiger partial charge in [0.05, 0.1) is 0 Å². The van der Waals surface area contributed by atoms with E-state index in [1.165, 1.54) is 35.7 Å². The molecule has 10 heteroatoms. The first-order valence-corrected chi connectivity index (χ1v) is 8.99. The van der Waals surface area contributed by atoms with Crippen molar-refractivity contribution >= 4 is 29.3 Å². The van der Waals surface area contributed by atoms with Crippen molar-refractivity contribution in [2.45, 2.75) is 39.7 Å². The van der Waals surface area contributed by atoms with Gasteiger partial charge in [0.15, 0.2) is 6.10 Å². The fourth-order valence-corrected chi connectivity index (χ4v) is 2.90. The Labute approximate surface area is 166 Å². The molecule has 2 aromatic heterocycles. The minimum Gasteiger partial charge on any atom is -0.453 e. The molecule has 0 fully saturated rings. The van der Waals surface area contributed by atoms with E-state index in [9.17, 15) is 14.0 Å². The van der Waals surface area contributed by atoms with Crippen LogP contribution >= 0.6 is 0 Å². The van der Waals surface area contributed by atoms with E-state index in [1.54, 1.807) is 0 Å². The molecule has 0 aliphatic carbocycles. The molecule has 0 bridgehead atoms. The summed E-state index contributed by atoms with van der Waals surface area (Å²) in [6.07, 6.45) is -0.566. The van der Waals surface area contributed by atoms with Crippen LogP contribution in [0.1, 0.15) is 30.3 Å². The van der Waals surface area contributed by atoms with Gasteiger partial charge in [0, 0.05) is 23.5 Å². The predicted octanol–water partition coefficient (Wildman–Crippen LogP) is 1.97. The summed E-state index contributed by atoms with van der Waals surface area (Å²) in [4.78, 5) is 32.7. The first-order chi connectivity index (χ1) is 13.7. The number of benzene rings is 1. The van der Waals surface area contributed by atoms with Crippen LogP contribution in [0.4, 0.5) is 16.0 Å². The Kier molecular flexibility index (Phi) is 5.71. The highest BCUT2D eigenvalue weighted by Gasteiger charge is 2.19. The number of amides is 1. The van der Waals surface area contributed by atoms with Gasteiger partial charge in [-0.25, -0.2) is 9.37 Å². The highest BCUT2D eigenvalue weighted by Crippen LogP contribution is 2.17. The van der Waals surface area contributed by atoms with E-state index in [-0.39, 0.29) is 12.4 Å². The lowest BCUT2D eigenvalue weighted by Gasteiger charge is -2.14. The van der Waals surface area contributed by atoms with Crippen LogP contribution in [0.15, 0.2) is 24.3 Å². The number of halogens is 1. The molecule has 1 amide bonds. The number of rotatable bonds is 6. The Hall–Kier alpha value is -3.56. The summed E-state index contributed by atoms with van der Waals surface area (Å²) >= 11 is 0. The van der Waals surface area contributed by atoms with Gasteiger partial charge in [0.2, 0.25) is 5.95 Å². The largest absolute Gasteiger partial charge is 0.453 e. The van der Waals surface area contributed by atoms with Gasteiger partial charge in [-0.2, -0.15) is 9.50 Å². The van der Waals surface area contributed by atoms with Gasteiger partial charge in [0.1, 0.15) is 5.82 Å². The van der Waals surface area contributed by atoms with Gasteiger partial charge in [-0.1, -0.05) is 0 Å². The average molecular weight is 400 g/mol. The normalized spacial score (nSPS) is 12.0. The summed E-state index contributed by atoms with van der Waals surface area (Å²) in [7, 11) is 0. The van der Waals surface area contributed by atoms with E-state index >= 15 is 0 Å². The topological polar surface area (TPSA) is 124 Å². The number of carbonyl (C=O) groups is 2. The van der Waals surface area contributed by atoms with Gasteiger partial charge < -0.3 is 15.8 Å². The van der Waals surface area contributed by atoms with Crippen LogP contribution in [0.3, 0.4) is 0 Å². The van der Waals surface area contributed by atoms with E-state index in [0.717, 1.165) is 17.0 Å². The van der Waals surface area contributed by atoms with Crippen LogP contribution < -0.4 is 11.1 Å². The highest BCUT2D eigenvalue weighted by molar-refractivity contribution is 5.95. The number of nitrogens with two attached hydrogens (primary N) is 1. The van der Waals surface area contributed by atoms with Gasteiger partial charge in [0.25, 0.3) is 11.7 Å². The second-order valence-electron chi connectivity index (χ2n) is 6.57. The molecular formula is C19H21FN6O3. The molecule has 0 aliphatic heterocycles. The maximum absolute atomic E-state index is 12.9. The first kappa shape index (κ1) is 20.2. The number of esters is 1. The molecule has 152 valence electrons. The van der Waals surface area contributed by atoms with Crippen LogP contribution in [-0.2, 0) is 20.7 Å². The second kappa shape index (κ2) is 8.21. The van der Waals surface area contributed by atoms with Gasteiger partial charge in [-0.05, 0) is 57.0 Å². The number of aromatic nitrogens is 4. The summed E-state index contributed by atoms with van der Waals surface area (Å²) in [5.41, 5.74) is 8.37. The number of hydrogen-bond donors (Lipinski definition) is 2. The molecule has 3 aromatic rings. The first-order valence-electron chi connectivity index (χ1n) is 8.99. The summed E-state index contributed by atoms with van der Waals surface area (Å²) in [5.74, 6) is -0.913. The predicted molar refractivity (Wildman–Crippen MR) is 104 cm³/mol. The summed E-state index contributed by atoms with van der Waals surface area (Å²) in [6.45, 7) is 5.13. The zero-order chi connectivity index (χ0) is 21.1. The fraction of sp³-hybridized carbons (Fsp3) is 0.316. The Bertz CT molecular complexity index is 1060. The molecule has 1 atom stereocenters. The van der Waals surface area contributed by atoms with E-state index in [0.29, 0.717) is 17.9 Å². The van der Waals surface area contributed by atoms with Crippen LogP contribution in [-0.4, -0.2) is 37.6 Å². The van der Waals surface area contributed by atoms with Crippen molar-refractivity contribution in [3.05, 3.63) is 47.0 Å². The van der Waals surface area contributed by atoms with E-state index in [2.05, 4.69) is 20.4 Å². The molecule has 0 saturated carbocycles. The molecule has 29 heavy (non-hydrogen) atoms. The molecule has 0 aliphatic rings. The molecule has 2 heterocycles. The number of nitrogens with one attached hydrogen (secondary N) is 1. The third-order valence-corrected chi connectivity index (χ3v) is 4.43. The summed E-state index contributed by atoms with van der Waals surface area (Å²) < 4.78 is 19.7. The quantitative estimate of drug-likeness (QED) is 0.606. The van der Waals surface area contributed by atoms with Crippen molar-refractivity contribution < 1.29 is 18.7 Å². The molecular weight excluding hydrogens is 379 g/mol. The minimum atomic E-state index is -0.995. The van der Waals surface area contributed by atoms with Crippen LogP contribution in [0.25, 0.3) is 5.78 Å². The lowest BCUT2D eigenvalue weighted by molar-refractivity contribution is -0.153. The van der Waals surface area contributed by atoms with Crippen LogP contribution in [0.2, 0.25) is 0 Å². The average Bonchev–Trinajstić information content (AvgIpc) is 3.03. The van der Waals surface area contributed by atoms with E-state index in [4.69, 9.17) is 10.5 Å². The summed E-state index contributed by atoms with van der Waals surface area (Å²) in [6, 6.07) is 5.30. The molecule has 3 N–H and O–H groups in total. The number of anilines is 2. The van der Waals surface area contributed by atoms with Crippen molar-refractivity contribution in [3.63, 3.8) is 0 Å². The molecule has 3 rings (SSSR count). The van der Waals surface area contributed by atoms with Crippen LogP contribution in [0.5, 0.6) is 0 Å². The number of carbonyl (C=O) groups excluding carboxylic acids is 2. The van der Waals surface area contributed by atoms with Crippen molar-refractivity contribution in [2.75, 3.05) is 11.1 Å². The maximum atomic E-state index is 12.9. The molecule has 0 unspecified atom stereocenters. The molecule has 0 spiro atoms. The Morgan fingerprint density at radius 1 is 1.24 bits per heavy atom. The lowest BCUT2D eigenvalue weighted by Crippen LogP contribution is -2.30. The molecule has 0 saturated heterocycles. The van der Waals surface area contributed by atoms with Crippen LogP contribution in [0, 0.1) is 19.7 Å². The maximum Gasteiger partial charge on any atom is 0.306 e. The lowest BCUT2D eigenvalue weighted by atomic mass is 10.1. The number of nitrogens with zero attached hydrogens (tertiary/aromatic N) is 4. The highest BCUT2D eigenvalue weighted by atomic mass is 19.1. The fourth-order valence-electron chi connectivity index (χ4n) is 2.90. The number of fused-ring (bicyclic) bond motifs is 1. The number of ether oxygens (including phenoxy) is 1.